The van der Waals surface area contributed by atoms with Crippen LogP contribution in [0.5, 0.6) is 0 Å². The van der Waals surface area contributed by atoms with Crippen molar-refractivity contribution in [3.8, 4) is 0 Å². The first-order chi connectivity index (χ1) is 8.06. The average molecular weight is 242 g/mol. The molecule has 0 radical (unpaired) electrons. The Kier molecular flexibility index (Phi) is 5.92. The third-order valence-electron chi connectivity index (χ3n) is 3.59. The van der Waals surface area contributed by atoms with E-state index in [-0.39, 0.29) is 30.5 Å². The number of likely N-dealkylation sites (tertiary alicyclic amines) is 1. The fourth-order valence-electron chi connectivity index (χ4n) is 2.47. The van der Waals surface area contributed by atoms with Crippen molar-refractivity contribution in [1.29, 1.82) is 0 Å². The Morgan fingerprint density at radius 3 is 2.76 bits per heavy atom. The first-order valence-corrected chi connectivity index (χ1v) is 6.73. The molecule has 0 saturated carbocycles. The van der Waals surface area contributed by atoms with Crippen LogP contribution in [0.1, 0.15) is 46.0 Å². The molecule has 0 aromatic rings. The number of nitrogens with two attached hydrogens (primary N) is 1. The second-order valence-electron chi connectivity index (χ2n) is 5.32. The molecule has 1 heterocycles. The van der Waals surface area contributed by atoms with Gasteiger partial charge in [-0.1, -0.05) is 13.3 Å². The molecule has 1 aliphatic rings. The van der Waals surface area contributed by atoms with Gasteiger partial charge in [0, 0.05) is 18.5 Å². The van der Waals surface area contributed by atoms with Crippen LogP contribution in [0.4, 0.5) is 0 Å². The van der Waals surface area contributed by atoms with Gasteiger partial charge < -0.3 is 15.7 Å². The second-order valence-corrected chi connectivity index (χ2v) is 5.32. The zero-order valence-electron chi connectivity index (χ0n) is 11.1. The number of aliphatic hydroxyl groups excluding tert-OH is 1. The fraction of sp³-hybridized carbons (Fsp3) is 0.923. The summed E-state index contributed by atoms with van der Waals surface area (Å²) in [6.45, 7) is 4.88. The molecular formula is C13H26N2O2. The van der Waals surface area contributed by atoms with Gasteiger partial charge in [-0.2, -0.15) is 0 Å². The molecule has 3 atom stereocenters. The van der Waals surface area contributed by atoms with E-state index >= 15 is 0 Å². The van der Waals surface area contributed by atoms with E-state index in [1.165, 1.54) is 0 Å². The van der Waals surface area contributed by atoms with Crippen LogP contribution in [0.3, 0.4) is 0 Å². The number of carbonyl (C=O) groups excluding carboxylic acids is 1. The van der Waals surface area contributed by atoms with Gasteiger partial charge in [-0.05, 0) is 32.6 Å². The molecule has 1 amide bonds. The Hall–Kier alpha value is -0.610. The second kappa shape index (κ2) is 6.97. The summed E-state index contributed by atoms with van der Waals surface area (Å²) < 4.78 is 0. The van der Waals surface area contributed by atoms with Crippen molar-refractivity contribution in [2.45, 2.75) is 58.0 Å². The monoisotopic (exact) mass is 242 g/mol. The lowest BCUT2D eigenvalue weighted by atomic mass is 10.0. The predicted octanol–water partition coefficient (Wildman–Crippen LogP) is 1.12. The van der Waals surface area contributed by atoms with Gasteiger partial charge in [-0.25, -0.2) is 0 Å². The van der Waals surface area contributed by atoms with E-state index in [0.29, 0.717) is 0 Å². The number of hydrogen-bond donors (Lipinski definition) is 2. The minimum absolute atomic E-state index is 0.0541. The van der Waals surface area contributed by atoms with Gasteiger partial charge in [0.2, 0.25) is 5.91 Å². The molecule has 0 aromatic carbocycles. The van der Waals surface area contributed by atoms with Crippen molar-refractivity contribution in [1.82, 2.24) is 4.90 Å². The van der Waals surface area contributed by atoms with E-state index in [9.17, 15) is 9.90 Å². The van der Waals surface area contributed by atoms with Crippen LogP contribution in [0, 0.1) is 5.92 Å². The highest BCUT2D eigenvalue weighted by Crippen LogP contribution is 2.21. The minimum atomic E-state index is 0.0541. The Morgan fingerprint density at radius 2 is 2.18 bits per heavy atom. The molecule has 0 aromatic heterocycles. The lowest BCUT2D eigenvalue weighted by Crippen LogP contribution is -2.40. The van der Waals surface area contributed by atoms with Crippen LogP contribution in [-0.4, -0.2) is 41.1 Å². The topological polar surface area (TPSA) is 66.6 Å². The largest absolute Gasteiger partial charge is 0.394 e. The number of rotatable bonds is 6. The van der Waals surface area contributed by atoms with Crippen LogP contribution in [0.15, 0.2) is 0 Å². The molecule has 0 bridgehead atoms. The third-order valence-corrected chi connectivity index (χ3v) is 3.59. The molecule has 100 valence electrons. The summed E-state index contributed by atoms with van der Waals surface area (Å²) in [6.07, 6.45) is 4.83. The van der Waals surface area contributed by atoms with E-state index in [0.717, 1.165) is 38.6 Å². The minimum Gasteiger partial charge on any atom is -0.394 e. The predicted molar refractivity (Wildman–Crippen MR) is 68.5 cm³/mol. The summed E-state index contributed by atoms with van der Waals surface area (Å²) >= 11 is 0. The van der Waals surface area contributed by atoms with Gasteiger partial charge >= 0.3 is 0 Å². The summed E-state index contributed by atoms with van der Waals surface area (Å²) in [5.41, 5.74) is 5.69. The van der Waals surface area contributed by atoms with Gasteiger partial charge in [-0.3, -0.25) is 4.79 Å². The highest BCUT2D eigenvalue weighted by Gasteiger charge is 2.30. The molecule has 0 aliphatic carbocycles. The molecule has 1 fully saturated rings. The maximum Gasteiger partial charge on any atom is 0.225 e. The van der Waals surface area contributed by atoms with Crippen molar-refractivity contribution in [3.05, 3.63) is 0 Å². The highest BCUT2D eigenvalue weighted by molar-refractivity contribution is 5.79. The molecule has 4 nitrogen and oxygen atoms in total. The standard InChI is InChI=1S/C13H26N2O2/c1-10(5-3-6-11(2)14)13(17)15-8-4-7-12(15)9-16/h10-12,16H,3-9,14H2,1-2H3. The summed E-state index contributed by atoms with van der Waals surface area (Å²) in [5, 5.41) is 9.21. The number of hydrogen-bond acceptors (Lipinski definition) is 3. The first kappa shape index (κ1) is 14.5. The van der Waals surface area contributed by atoms with Crippen molar-refractivity contribution >= 4 is 5.91 Å². The lowest BCUT2D eigenvalue weighted by molar-refractivity contribution is -0.136. The molecular weight excluding hydrogens is 216 g/mol. The van der Waals surface area contributed by atoms with E-state index in [1.807, 2.05) is 18.7 Å². The Labute approximate surface area is 104 Å². The first-order valence-electron chi connectivity index (χ1n) is 6.73. The number of carbonyl (C=O) groups is 1. The van der Waals surface area contributed by atoms with E-state index in [1.54, 1.807) is 0 Å². The van der Waals surface area contributed by atoms with E-state index in [2.05, 4.69) is 0 Å². The molecule has 1 rings (SSSR count). The zero-order valence-corrected chi connectivity index (χ0v) is 11.1. The smallest absolute Gasteiger partial charge is 0.225 e. The molecule has 3 unspecified atom stereocenters. The average Bonchev–Trinajstić information content (AvgIpc) is 2.75. The van der Waals surface area contributed by atoms with Crippen LogP contribution < -0.4 is 5.73 Å². The maximum atomic E-state index is 12.2. The number of aliphatic hydroxyl groups is 1. The molecule has 1 saturated heterocycles. The molecule has 0 spiro atoms. The Balaban J connectivity index is 2.35. The quantitative estimate of drug-likeness (QED) is 0.733. The Morgan fingerprint density at radius 1 is 1.47 bits per heavy atom. The van der Waals surface area contributed by atoms with Gasteiger partial charge in [-0.15, -0.1) is 0 Å². The van der Waals surface area contributed by atoms with Gasteiger partial charge in [0.1, 0.15) is 0 Å². The third kappa shape index (κ3) is 4.28. The van der Waals surface area contributed by atoms with E-state index < -0.39 is 0 Å². The van der Waals surface area contributed by atoms with Crippen molar-refractivity contribution in [2.24, 2.45) is 11.7 Å². The van der Waals surface area contributed by atoms with Crippen LogP contribution in [0.25, 0.3) is 0 Å². The van der Waals surface area contributed by atoms with E-state index in [4.69, 9.17) is 5.73 Å². The van der Waals surface area contributed by atoms with Gasteiger partial charge in [0.05, 0.1) is 12.6 Å². The van der Waals surface area contributed by atoms with Gasteiger partial charge in [0.15, 0.2) is 0 Å². The summed E-state index contributed by atoms with van der Waals surface area (Å²) in [7, 11) is 0. The lowest BCUT2D eigenvalue weighted by Gasteiger charge is -2.26. The number of nitrogens with zero attached hydrogens (tertiary/aromatic N) is 1. The normalized spacial score (nSPS) is 23.8. The van der Waals surface area contributed by atoms with Gasteiger partial charge in [0.25, 0.3) is 0 Å². The fourth-order valence-corrected chi connectivity index (χ4v) is 2.47. The number of amides is 1. The zero-order chi connectivity index (χ0) is 12.8. The SMILES string of the molecule is CC(N)CCCC(C)C(=O)N1CCCC1CO. The molecule has 17 heavy (non-hydrogen) atoms. The van der Waals surface area contributed by atoms with Crippen molar-refractivity contribution < 1.29 is 9.90 Å². The highest BCUT2D eigenvalue weighted by atomic mass is 16.3. The molecule has 4 heteroatoms. The summed E-state index contributed by atoms with van der Waals surface area (Å²) in [6, 6.07) is 0.271. The van der Waals surface area contributed by atoms with Crippen LogP contribution in [0.2, 0.25) is 0 Å². The maximum absolute atomic E-state index is 12.2. The molecule has 3 N–H and O–H groups in total. The van der Waals surface area contributed by atoms with Crippen LogP contribution in [-0.2, 0) is 4.79 Å². The van der Waals surface area contributed by atoms with Crippen LogP contribution >= 0.6 is 0 Å². The molecule has 1 aliphatic heterocycles. The summed E-state index contributed by atoms with van der Waals surface area (Å²) in [4.78, 5) is 14.0. The summed E-state index contributed by atoms with van der Waals surface area (Å²) in [5.74, 6) is 0.257. The van der Waals surface area contributed by atoms with Crippen molar-refractivity contribution in [2.75, 3.05) is 13.2 Å². The Bertz CT molecular complexity index is 244. The van der Waals surface area contributed by atoms with Crippen molar-refractivity contribution in [3.63, 3.8) is 0 Å².